The number of nitrogens with one attached hydrogen (secondary N) is 1. The van der Waals surface area contributed by atoms with Crippen molar-refractivity contribution in [1.82, 2.24) is 15.1 Å². The van der Waals surface area contributed by atoms with E-state index in [1.807, 2.05) is 29.6 Å². The fourth-order valence-corrected chi connectivity index (χ4v) is 3.20. The molecular weight excluding hydrogens is 439 g/mol. The van der Waals surface area contributed by atoms with Gasteiger partial charge in [0, 0.05) is 27.4 Å². The van der Waals surface area contributed by atoms with Gasteiger partial charge in [-0.3, -0.25) is 4.79 Å². The molecule has 2 aromatic heterocycles. The molecule has 0 atom stereocenters. The zero-order valence-corrected chi connectivity index (χ0v) is 15.9. The summed E-state index contributed by atoms with van der Waals surface area (Å²) in [4.78, 5) is 20.6. The number of rotatable bonds is 6. The molecule has 2 heterocycles. The van der Waals surface area contributed by atoms with Gasteiger partial charge >= 0.3 is 0 Å². The fraction of sp³-hybridized carbons (Fsp3) is 0.250. The lowest BCUT2D eigenvalue weighted by Crippen LogP contribution is -2.11. The zero-order valence-electron chi connectivity index (χ0n) is 13.0. The summed E-state index contributed by atoms with van der Waals surface area (Å²) in [5.41, 5.74) is 1.91. The van der Waals surface area contributed by atoms with Gasteiger partial charge in [0.05, 0.1) is 5.69 Å². The number of anilines is 1. The molecule has 8 heteroatoms. The first-order valence-corrected chi connectivity index (χ1v) is 9.36. The van der Waals surface area contributed by atoms with E-state index in [-0.39, 0.29) is 5.91 Å². The van der Waals surface area contributed by atoms with E-state index in [4.69, 9.17) is 4.52 Å². The van der Waals surface area contributed by atoms with Crippen molar-refractivity contribution < 1.29 is 9.32 Å². The molecule has 1 amide bonds. The van der Waals surface area contributed by atoms with Crippen molar-refractivity contribution in [1.29, 1.82) is 0 Å². The molecule has 0 unspecified atom stereocenters. The maximum Gasteiger partial charge on any atom is 0.226 e. The molecule has 3 aromatic rings. The van der Waals surface area contributed by atoms with Crippen LogP contribution < -0.4 is 5.32 Å². The van der Waals surface area contributed by atoms with Gasteiger partial charge in [0.2, 0.25) is 11.8 Å². The van der Waals surface area contributed by atoms with Crippen LogP contribution in [0.3, 0.4) is 0 Å². The van der Waals surface area contributed by atoms with Crippen molar-refractivity contribution in [3.63, 3.8) is 0 Å². The molecule has 124 valence electrons. The molecule has 0 aliphatic carbocycles. The molecule has 1 N–H and O–H groups in total. The smallest absolute Gasteiger partial charge is 0.226 e. The minimum atomic E-state index is -0.0604. The monoisotopic (exact) mass is 454 g/mol. The molecule has 24 heavy (non-hydrogen) atoms. The third-order valence-corrected chi connectivity index (χ3v) is 4.73. The van der Waals surface area contributed by atoms with Crippen LogP contribution >= 0.6 is 33.9 Å². The van der Waals surface area contributed by atoms with Gasteiger partial charge in [0.15, 0.2) is 11.0 Å². The van der Waals surface area contributed by atoms with Gasteiger partial charge in [0.1, 0.15) is 0 Å². The van der Waals surface area contributed by atoms with Crippen LogP contribution in [-0.4, -0.2) is 21.0 Å². The molecule has 3 rings (SSSR count). The molecule has 6 nitrogen and oxygen atoms in total. The number of carbonyl (C=O) groups excluding carboxylic acids is 1. The Morgan fingerprint density at radius 1 is 1.29 bits per heavy atom. The van der Waals surface area contributed by atoms with Crippen molar-refractivity contribution in [3.8, 4) is 11.3 Å². The Balaban J connectivity index is 1.50. The van der Waals surface area contributed by atoms with E-state index in [0.29, 0.717) is 36.1 Å². The first kappa shape index (κ1) is 17.0. The molecule has 0 saturated carbocycles. The normalized spacial score (nSPS) is 10.8. The summed E-state index contributed by atoms with van der Waals surface area (Å²) < 4.78 is 6.20. The quantitative estimate of drug-likeness (QED) is 0.568. The first-order valence-electron chi connectivity index (χ1n) is 7.40. The SMILES string of the molecule is Cc1noc(CCCC(=O)Nc2nc(-c3ccc(I)cc3)cs2)n1. The number of aromatic nitrogens is 3. The minimum absolute atomic E-state index is 0.0604. The van der Waals surface area contributed by atoms with E-state index in [2.05, 4.69) is 43.0 Å². The van der Waals surface area contributed by atoms with Crippen LogP contribution in [0.5, 0.6) is 0 Å². The Hall–Kier alpha value is -1.81. The lowest BCUT2D eigenvalue weighted by molar-refractivity contribution is -0.116. The van der Waals surface area contributed by atoms with Crippen LogP contribution in [0.1, 0.15) is 24.6 Å². The van der Waals surface area contributed by atoms with Crippen LogP contribution in [0.15, 0.2) is 34.2 Å². The fourth-order valence-electron chi connectivity index (χ4n) is 2.11. The summed E-state index contributed by atoms with van der Waals surface area (Å²) in [6.45, 7) is 1.77. The van der Waals surface area contributed by atoms with Gasteiger partial charge in [-0.05, 0) is 48.1 Å². The number of nitrogens with zero attached hydrogens (tertiary/aromatic N) is 3. The number of halogens is 1. The van der Waals surface area contributed by atoms with Gasteiger partial charge in [-0.2, -0.15) is 4.98 Å². The predicted octanol–water partition coefficient (Wildman–Crippen LogP) is 4.07. The molecule has 0 aliphatic heterocycles. The lowest BCUT2D eigenvalue weighted by atomic mass is 10.2. The van der Waals surface area contributed by atoms with Crippen LogP contribution in [0.25, 0.3) is 11.3 Å². The highest BCUT2D eigenvalue weighted by Gasteiger charge is 2.09. The van der Waals surface area contributed by atoms with Gasteiger partial charge in [-0.25, -0.2) is 4.98 Å². The standard InChI is InChI=1S/C16H15IN4O2S/c1-10-18-15(23-21-10)4-2-3-14(22)20-16-19-13(9-24-16)11-5-7-12(17)8-6-11/h5-9H,2-4H2,1H3,(H,19,20,22). The van der Waals surface area contributed by atoms with Crippen molar-refractivity contribution in [3.05, 3.63) is 44.9 Å². The Morgan fingerprint density at radius 3 is 2.79 bits per heavy atom. The van der Waals surface area contributed by atoms with Gasteiger partial charge in [-0.15, -0.1) is 11.3 Å². The molecule has 1 aromatic carbocycles. The van der Waals surface area contributed by atoms with Crippen molar-refractivity contribution in [2.24, 2.45) is 0 Å². The first-order chi connectivity index (χ1) is 11.6. The second-order valence-electron chi connectivity index (χ2n) is 5.18. The van der Waals surface area contributed by atoms with Crippen molar-refractivity contribution in [2.75, 3.05) is 5.32 Å². The summed E-state index contributed by atoms with van der Waals surface area (Å²) in [7, 11) is 0. The number of hydrogen-bond donors (Lipinski definition) is 1. The largest absolute Gasteiger partial charge is 0.339 e. The van der Waals surface area contributed by atoms with Crippen LogP contribution in [-0.2, 0) is 11.2 Å². The van der Waals surface area contributed by atoms with E-state index < -0.39 is 0 Å². The summed E-state index contributed by atoms with van der Waals surface area (Å²) in [5.74, 6) is 1.12. The average molecular weight is 454 g/mol. The van der Waals surface area contributed by atoms with E-state index in [1.165, 1.54) is 14.9 Å². The van der Waals surface area contributed by atoms with E-state index in [0.717, 1.165) is 11.3 Å². The molecular formula is C16H15IN4O2S. The number of aryl methyl sites for hydroxylation is 2. The Kier molecular flexibility index (Phi) is 5.56. The second kappa shape index (κ2) is 7.84. The Labute approximate surface area is 156 Å². The van der Waals surface area contributed by atoms with Gasteiger partial charge in [-0.1, -0.05) is 17.3 Å². The van der Waals surface area contributed by atoms with E-state index in [1.54, 1.807) is 6.92 Å². The number of benzene rings is 1. The number of hydrogen-bond acceptors (Lipinski definition) is 6. The third-order valence-electron chi connectivity index (χ3n) is 3.25. The van der Waals surface area contributed by atoms with Crippen LogP contribution in [0, 0.1) is 10.5 Å². The van der Waals surface area contributed by atoms with Crippen molar-refractivity contribution >= 4 is 45.0 Å². The third kappa shape index (κ3) is 4.60. The van der Waals surface area contributed by atoms with Crippen LogP contribution in [0.2, 0.25) is 0 Å². The maximum atomic E-state index is 12.0. The molecule has 0 fully saturated rings. The number of amides is 1. The molecule has 0 saturated heterocycles. The van der Waals surface area contributed by atoms with Gasteiger partial charge < -0.3 is 9.84 Å². The topological polar surface area (TPSA) is 80.9 Å². The summed E-state index contributed by atoms with van der Waals surface area (Å²) >= 11 is 3.69. The Bertz CT molecular complexity index is 829. The summed E-state index contributed by atoms with van der Waals surface area (Å²) in [6, 6.07) is 8.11. The highest BCUT2D eigenvalue weighted by atomic mass is 127. The second-order valence-corrected chi connectivity index (χ2v) is 7.29. The average Bonchev–Trinajstić information content (AvgIpc) is 3.17. The molecule has 0 bridgehead atoms. The lowest BCUT2D eigenvalue weighted by Gasteiger charge is -2.00. The van der Waals surface area contributed by atoms with Crippen LogP contribution in [0.4, 0.5) is 5.13 Å². The number of thiazole rings is 1. The maximum absolute atomic E-state index is 12.0. The molecule has 0 radical (unpaired) electrons. The Morgan fingerprint density at radius 2 is 2.08 bits per heavy atom. The molecule has 0 spiro atoms. The number of carbonyl (C=O) groups is 1. The highest BCUT2D eigenvalue weighted by molar-refractivity contribution is 14.1. The summed E-state index contributed by atoms with van der Waals surface area (Å²) in [6.07, 6.45) is 1.64. The van der Waals surface area contributed by atoms with E-state index >= 15 is 0 Å². The summed E-state index contributed by atoms with van der Waals surface area (Å²) in [5, 5.41) is 9.12. The van der Waals surface area contributed by atoms with E-state index in [9.17, 15) is 4.79 Å². The van der Waals surface area contributed by atoms with Gasteiger partial charge in [0.25, 0.3) is 0 Å². The zero-order chi connectivity index (χ0) is 16.9. The van der Waals surface area contributed by atoms with Crippen molar-refractivity contribution in [2.45, 2.75) is 26.2 Å². The molecule has 0 aliphatic rings. The predicted molar refractivity (Wildman–Crippen MR) is 101 cm³/mol. The highest BCUT2D eigenvalue weighted by Crippen LogP contribution is 2.25. The minimum Gasteiger partial charge on any atom is -0.339 e.